The summed E-state index contributed by atoms with van der Waals surface area (Å²) in [6, 6.07) is 9.74. The molecule has 1 aliphatic rings. The van der Waals surface area contributed by atoms with E-state index >= 15 is 0 Å². The third-order valence-electron chi connectivity index (χ3n) is 4.30. The highest BCUT2D eigenvalue weighted by molar-refractivity contribution is 5.78. The van der Waals surface area contributed by atoms with Gasteiger partial charge in [-0.05, 0) is 30.5 Å². The number of benzene rings is 1. The molecule has 1 aliphatic heterocycles. The number of hydrogen-bond acceptors (Lipinski definition) is 4. The van der Waals surface area contributed by atoms with Crippen LogP contribution in [0.15, 0.2) is 42.7 Å². The number of aliphatic carboxylic acids is 1. The average molecular weight is 343 g/mol. The number of rotatable bonds is 7. The van der Waals surface area contributed by atoms with Crippen molar-refractivity contribution in [2.45, 2.75) is 31.2 Å². The van der Waals surface area contributed by atoms with E-state index in [9.17, 15) is 9.59 Å². The Morgan fingerprint density at radius 3 is 2.80 bits per heavy atom. The molecule has 1 unspecified atom stereocenters. The first-order valence-electron chi connectivity index (χ1n) is 8.26. The lowest BCUT2D eigenvalue weighted by molar-refractivity contribution is -0.139. The lowest BCUT2D eigenvalue weighted by atomic mass is 9.94. The lowest BCUT2D eigenvalue weighted by Crippen LogP contribution is -2.50. The first kappa shape index (κ1) is 17.2. The van der Waals surface area contributed by atoms with E-state index < -0.39 is 11.5 Å². The van der Waals surface area contributed by atoms with E-state index in [4.69, 9.17) is 9.84 Å². The number of para-hydroxylation sites is 1. The molecular weight excluding hydrogens is 322 g/mol. The summed E-state index contributed by atoms with van der Waals surface area (Å²) in [6.07, 6.45) is 4.87. The number of nitrogens with one attached hydrogen (secondary N) is 1. The van der Waals surface area contributed by atoms with Crippen LogP contribution in [-0.4, -0.2) is 45.5 Å². The van der Waals surface area contributed by atoms with Crippen LogP contribution >= 0.6 is 0 Å². The van der Waals surface area contributed by atoms with Crippen molar-refractivity contribution in [2.24, 2.45) is 0 Å². The van der Waals surface area contributed by atoms with Crippen LogP contribution in [0.4, 0.5) is 0 Å². The number of carbonyl (C=O) groups is 2. The highest BCUT2D eigenvalue weighted by Gasteiger charge is 2.38. The highest BCUT2D eigenvalue weighted by Crippen LogP contribution is 2.23. The Morgan fingerprint density at radius 2 is 2.12 bits per heavy atom. The van der Waals surface area contributed by atoms with Crippen LogP contribution in [0.25, 0.3) is 5.69 Å². The molecule has 1 atom stereocenters. The monoisotopic (exact) mass is 343 g/mol. The SMILES string of the molecule is O=C(O)CC1(NC(=O)CCc2cnn(-c3ccccc3)c2)CCOC1. The molecule has 1 fully saturated rings. The van der Waals surface area contributed by atoms with Gasteiger partial charge in [0.1, 0.15) is 0 Å². The summed E-state index contributed by atoms with van der Waals surface area (Å²) in [7, 11) is 0. The van der Waals surface area contributed by atoms with Crippen molar-refractivity contribution < 1.29 is 19.4 Å². The molecule has 3 rings (SSSR count). The number of carbonyl (C=O) groups excluding carboxylic acids is 1. The molecule has 0 spiro atoms. The molecule has 0 bridgehead atoms. The molecular formula is C18H21N3O4. The first-order valence-corrected chi connectivity index (χ1v) is 8.26. The standard InChI is InChI=1S/C18H21N3O4/c22-16(20-18(10-17(23)24)8-9-25-13-18)7-6-14-11-19-21(12-14)15-4-2-1-3-5-15/h1-5,11-12H,6-10,13H2,(H,20,22)(H,23,24). The van der Waals surface area contributed by atoms with Gasteiger partial charge in [0.05, 0.1) is 30.5 Å². The summed E-state index contributed by atoms with van der Waals surface area (Å²) in [5.41, 5.74) is 1.13. The minimum atomic E-state index is -0.935. The number of hydrogen-bond donors (Lipinski definition) is 2. The van der Waals surface area contributed by atoms with Crippen LogP contribution < -0.4 is 5.32 Å². The summed E-state index contributed by atoms with van der Waals surface area (Å²) in [5.74, 6) is -1.10. The van der Waals surface area contributed by atoms with E-state index in [-0.39, 0.29) is 25.4 Å². The fourth-order valence-electron chi connectivity index (χ4n) is 3.01. The van der Waals surface area contributed by atoms with Crippen molar-refractivity contribution in [2.75, 3.05) is 13.2 Å². The number of nitrogens with zero attached hydrogens (tertiary/aromatic N) is 2. The zero-order valence-corrected chi connectivity index (χ0v) is 13.9. The predicted octanol–water partition coefficient (Wildman–Crippen LogP) is 1.55. The highest BCUT2D eigenvalue weighted by atomic mass is 16.5. The minimum absolute atomic E-state index is 0.120. The number of carboxylic acid groups (broad SMARTS) is 1. The van der Waals surface area contributed by atoms with Crippen molar-refractivity contribution in [1.29, 1.82) is 0 Å². The van der Waals surface area contributed by atoms with Gasteiger partial charge in [-0.25, -0.2) is 4.68 Å². The van der Waals surface area contributed by atoms with E-state index in [1.165, 1.54) is 0 Å². The van der Waals surface area contributed by atoms with Crippen LogP contribution in [0, 0.1) is 0 Å². The van der Waals surface area contributed by atoms with Gasteiger partial charge in [0.2, 0.25) is 5.91 Å². The third-order valence-corrected chi connectivity index (χ3v) is 4.30. The molecule has 1 aromatic carbocycles. The second-order valence-corrected chi connectivity index (χ2v) is 6.33. The fourth-order valence-corrected chi connectivity index (χ4v) is 3.01. The number of amides is 1. The minimum Gasteiger partial charge on any atom is -0.481 e. The molecule has 0 saturated carbocycles. The lowest BCUT2D eigenvalue weighted by Gasteiger charge is -2.26. The zero-order chi connectivity index (χ0) is 17.7. The maximum atomic E-state index is 12.2. The molecule has 2 N–H and O–H groups in total. The summed E-state index contributed by atoms with van der Waals surface area (Å²) in [4.78, 5) is 23.3. The Kier molecular flexibility index (Phi) is 5.14. The van der Waals surface area contributed by atoms with E-state index in [1.807, 2.05) is 36.5 Å². The van der Waals surface area contributed by atoms with Gasteiger partial charge in [0.15, 0.2) is 0 Å². The summed E-state index contributed by atoms with van der Waals surface area (Å²) in [6.45, 7) is 0.717. The van der Waals surface area contributed by atoms with Gasteiger partial charge in [-0.15, -0.1) is 0 Å². The predicted molar refractivity (Wildman–Crippen MR) is 90.4 cm³/mol. The number of aromatic nitrogens is 2. The Hall–Kier alpha value is -2.67. The summed E-state index contributed by atoms with van der Waals surface area (Å²) in [5, 5.41) is 16.2. The van der Waals surface area contributed by atoms with Gasteiger partial charge in [-0.1, -0.05) is 18.2 Å². The number of carboxylic acids is 1. The van der Waals surface area contributed by atoms with Crippen molar-refractivity contribution >= 4 is 11.9 Å². The molecule has 7 heteroatoms. The van der Waals surface area contributed by atoms with Gasteiger partial charge < -0.3 is 15.2 Å². The quantitative estimate of drug-likeness (QED) is 0.796. The van der Waals surface area contributed by atoms with Crippen LogP contribution in [0.5, 0.6) is 0 Å². The molecule has 7 nitrogen and oxygen atoms in total. The zero-order valence-electron chi connectivity index (χ0n) is 13.9. The van der Waals surface area contributed by atoms with E-state index in [0.717, 1.165) is 11.3 Å². The second-order valence-electron chi connectivity index (χ2n) is 6.33. The Labute approximate surface area is 145 Å². The van der Waals surface area contributed by atoms with Crippen molar-refractivity contribution in [3.8, 4) is 5.69 Å². The summed E-state index contributed by atoms with van der Waals surface area (Å²) >= 11 is 0. The molecule has 132 valence electrons. The van der Waals surface area contributed by atoms with E-state index in [0.29, 0.717) is 19.4 Å². The number of ether oxygens (including phenoxy) is 1. The van der Waals surface area contributed by atoms with E-state index in [2.05, 4.69) is 10.4 Å². The third kappa shape index (κ3) is 4.45. The Bertz CT molecular complexity index is 736. The van der Waals surface area contributed by atoms with Gasteiger partial charge in [0, 0.05) is 19.2 Å². The average Bonchev–Trinajstić information content (AvgIpc) is 3.23. The molecule has 2 heterocycles. The van der Waals surface area contributed by atoms with E-state index in [1.54, 1.807) is 10.9 Å². The smallest absolute Gasteiger partial charge is 0.305 e. The molecule has 1 amide bonds. The van der Waals surface area contributed by atoms with Crippen LogP contribution in [0.3, 0.4) is 0 Å². The van der Waals surface area contributed by atoms with Gasteiger partial charge in [0.25, 0.3) is 0 Å². The maximum absolute atomic E-state index is 12.2. The van der Waals surface area contributed by atoms with Gasteiger partial charge >= 0.3 is 5.97 Å². The first-order chi connectivity index (χ1) is 12.1. The molecule has 1 aromatic heterocycles. The maximum Gasteiger partial charge on any atom is 0.305 e. The van der Waals surface area contributed by atoms with Crippen molar-refractivity contribution in [1.82, 2.24) is 15.1 Å². The fraction of sp³-hybridized carbons (Fsp3) is 0.389. The molecule has 25 heavy (non-hydrogen) atoms. The molecule has 0 radical (unpaired) electrons. The summed E-state index contributed by atoms with van der Waals surface area (Å²) < 4.78 is 7.05. The Balaban J connectivity index is 1.55. The molecule has 2 aromatic rings. The largest absolute Gasteiger partial charge is 0.481 e. The number of aryl methyl sites for hydroxylation is 1. The Morgan fingerprint density at radius 1 is 1.32 bits per heavy atom. The molecule has 1 saturated heterocycles. The van der Waals surface area contributed by atoms with Crippen LogP contribution in [0.1, 0.15) is 24.8 Å². The van der Waals surface area contributed by atoms with Crippen molar-refractivity contribution in [3.05, 3.63) is 48.3 Å². The second kappa shape index (κ2) is 7.48. The van der Waals surface area contributed by atoms with Crippen LogP contribution in [-0.2, 0) is 20.7 Å². The van der Waals surface area contributed by atoms with Crippen molar-refractivity contribution in [3.63, 3.8) is 0 Å². The van der Waals surface area contributed by atoms with Gasteiger partial charge in [-0.3, -0.25) is 9.59 Å². The van der Waals surface area contributed by atoms with Crippen LogP contribution in [0.2, 0.25) is 0 Å². The topological polar surface area (TPSA) is 93.5 Å². The molecule has 0 aliphatic carbocycles. The normalized spacial score (nSPS) is 19.7. The van der Waals surface area contributed by atoms with Gasteiger partial charge in [-0.2, -0.15) is 5.10 Å².